The van der Waals surface area contributed by atoms with E-state index in [-0.39, 0.29) is 12.4 Å². The maximum Gasteiger partial charge on any atom is 0.146 e. The number of benzene rings is 2. The Labute approximate surface area is 111 Å². The van der Waals surface area contributed by atoms with Crippen LogP contribution in [-0.4, -0.2) is 7.11 Å². The molecule has 0 spiro atoms. The molecular weight excluding hydrogens is 245 g/mol. The average Bonchev–Trinajstić information content (AvgIpc) is 2.41. The molecule has 0 heterocycles. The summed E-state index contributed by atoms with van der Waals surface area (Å²) >= 11 is 0. The molecule has 2 aromatic carbocycles. The molecule has 2 aromatic rings. The van der Waals surface area contributed by atoms with E-state index in [4.69, 9.17) is 15.2 Å². The topological polar surface area (TPSA) is 44.5 Å². The molecule has 0 aliphatic heterocycles. The molecule has 0 saturated carbocycles. The molecule has 2 rings (SSSR count). The summed E-state index contributed by atoms with van der Waals surface area (Å²) in [5, 5.41) is 0. The van der Waals surface area contributed by atoms with Gasteiger partial charge in [-0.25, -0.2) is 4.39 Å². The molecule has 0 atom stereocenters. The summed E-state index contributed by atoms with van der Waals surface area (Å²) in [6, 6.07) is 9.81. The van der Waals surface area contributed by atoms with Crippen LogP contribution in [0.5, 0.6) is 11.5 Å². The van der Waals surface area contributed by atoms with Crippen molar-refractivity contribution in [1.29, 1.82) is 0 Å². The van der Waals surface area contributed by atoms with Crippen LogP contribution in [0.2, 0.25) is 0 Å². The van der Waals surface area contributed by atoms with Crippen molar-refractivity contribution < 1.29 is 13.9 Å². The van der Waals surface area contributed by atoms with Crippen LogP contribution in [0.15, 0.2) is 36.4 Å². The lowest BCUT2D eigenvalue weighted by atomic mass is 10.1. The van der Waals surface area contributed by atoms with Crippen molar-refractivity contribution in [2.75, 3.05) is 12.8 Å². The second-order valence-corrected chi connectivity index (χ2v) is 4.26. The van der Waals surface area contributed by atoms with Gasteiger partial charge in [-0.3, -0.25) is 0 Å². The van der Waals surface area contributed by atoms with Gasteiger partial charge in [-0.05, 0) is 42.3 Å². The monoisotopic (exact) mass is 261 g/mol. The van der Waals surface area contributed by atoms with Gasteiger partial charge in [0.05, 0.1) is 12.8 Å². The standard InChI is InChI=1S/C15H16FNO2/c1-10-3-4-12(16)7-11(10)9-19-15-8-13(18-2)5-6-14(15)17/h3-8H,9,17H2,1-2H3. The maximum atomic E-state index is 13.2. The van der Waals surface area contributed by atoms with E-state index in [9.17, 15) is 4.39 Å². The van der Waals surface area contributed by atoms with Gasteiger partial charge >= 0.3 is 0 Å². The lowest BCUT2D eigenvalue weighted by Crippen LogP contribution is -2.01. The summed E-state index contributed by atoms with van der Waals surface area (Å²) in [7, 11) is 1.58. The van der Waals surface area contributed by atoms with Crippen molar-refractivity contribution in [3.05, 3.63) is 53.3 Å². The van der Waals surface area contributed by atoms with E-state index in [0.717, 1.165) is 11.1 Å². The SMILES string of the molecule is COc1ccc(N)c(OCc2cc(F)ccc2C)c1. The first-order valence-corrected chi connectivity index (χ1v) is 5.91. The molecule has 4 heteroatoms. The molecular formula is C15H16FNO2. The van der Waals surface area contributed by atoms with Gasteiger partial charge < -0.3 is 15.2 Å². The Morgan fingerprint density at radius 1 is 1.16 bits per heavy atom. The van der Waals surface area contributed by atoms with Gasteiger partial charge in [-0.2, -0.15) is 0 Å². The van der Waals surface area contributed by atoms with Crippen molar-refractivity contribution >= 4 is 5.69 Å². The second kappa shape index (κ2) is 5.61. The third-order valence-corrected chi connectivity index (χ3v) is 2.92. The number of nitrogen functional groups attached to an aromatic ring is 1. The number of aryl methyl sites for hydroxylation is 1. The van der Waals surface area contributed by atoms with E-state index in [1.54, 1.807) is 31.4 Å². The van der Waals surface area contributed by atoms with E-state index >= 15 is 0 Å². The highest BCUT2D eigenvalue weighted by Gasteiger charge is 2.05. The fraction of sp³-hybridized carbons (Fsp3) is 0.200. The zero-order valence-electron chi connectivity index (χ0n) is 10.9. The average molecular weight is 261 g/mol. The van der Waals surface area contributed by atoms with Gasteiger partial charge in [0.25, 0.3) is 0 Å². The first kappa shape index (κ1) is 13.2. The van der Waals surface area contributed by atoms with Crippen LogP contribution in [0, 0.1) is 12.7 Å². The van der Waals surface area contributed by atoms with Gasteiger partial charge in [0.1, 0.15) is 23.9 Å². The van der Waals surface area contributed by atoms with Crippen LogP contribution in [0.4, 0.5) is 10.1 Å². The van der Waals surface area contributed by atoms with Crippen LogP contribution in [-0.2, 0) is 6.61 Å². The Morgan fingerprint density at radius 2 is 1.95 bits per heavy atom. The molecule has 0 amide bonds. The van der Waals surface area contributed by atoms with Crippen LogP contribution in [0.25, 0.3) is 0 Å². The van der Waals surface area contributed by atoms with E-state index in [1.165, 1.54) is 12.1 Å². The number of halogens is 1. The first-order valence-electron chi connectivity index (χ1n) is 5.91. The first-order chi connectivity index (χ1) is 9.10. The molecule has 3 nitrogen and oxygen atoms in total. The zero-order chi connectivity index (χ0) is 13.8. The summed E-state index contributed by atoms with van der Waals surface area (Å²) in [4.78, 5) is 0. The third kappa shape index (κ3) is 3.16. The fourth-order valence-corrected chi connectivity index (χ4v) is 1.72. The molecule has 2 N–H and O–H groups in total. The summed E-state index contributed by atoms with van der Waals surface area (Å²) in [6.07, 6.45) is 0. The van der Waals surface area contributed by atoms with E-state index in [1.807, 2.05) is 6.92 Å². The summed E-state index contributed by atoms with van der Waals surface area (Å²) in [5.74, 6) is 0.922. The zero-order valence-corrected chi connectivity index (χ0v) is 10.9. The molecule has 0 fully saturated rings. The molecule has 0 radical (unpaired) electrons. The summed E-state index contributed by atoms with van der Waals surface area (Å²) in [6.45, 7) is 2.17. The summed E-state index contributed by atoms with van der Waals surface area (Å²) < 4.78 is 23.9. The molecule has 19 heavy (non-hydrogen) atoms. The summed E-state index contributed by atoms with van der Waals surface area (Å²) in [5.41, 5.74) is 8.11. The molecule has 0 aliphatic rings. The number of hydrogen-bond acceptors (Lipinski definition) is 3. The van der Waals surface area contributed by atoms with E-state index in [2.05, 4.69) is 0 Å². The molecule has 0 unspecified atom stereocenters. The van der Waals surface area contributed by atoms with Gasteiger partial charge in [0, 0.05) is 6.07 Å². The Hall–Kier alpha value is -2.23. The quantitative estimate of drug-likeness (QED) is 0.859. The van der Waals surface area contributed by atoms with Crippen molar-refractivity contribution in [1.82, 2.24) is 0 Å². The fourth-order valence-electron chi connectivity index (χ4n) is 1.72. The highest BCUT2D eigenvalue weighted by molar-refractivity contribution is 5.55. The Balaban J connectivity index is 2.16. The Morgan fingerprint density at radius 3 is 2.68 bits per heavy atom. The second-order valence-electron chi connectivity index (χ2n) is 4.26. The highest BCUT2D eigenvalue weighted by atomic mass is 19.1. The number of ether oxygens (including phenoxy) is 2. The minimum absolute atomic E-state index is 0.265. The van der Waals surface area contributed by atoms with Gasteiger partial charge in [-0.1, -0.05) is 6.07 Å². The van der Waals surface area contributed by atoms with Crippen LogP contribution < -0.4 is 15.2 Å². The number of anilines is 1. The Kier molecular flexibility index (Phi) is 3.90. The van der Waals surface area contributed by atoms with Crippen LogP contribution in [0.3, 0.4) is 0 Å². The molecule has 0 aliphatic carbocycles. The Bertz CT molecular complexity index is 584. The lowest BCUT2D eigenvalue weighted by molar-refractivity contribution is 0.304. The molecule has 0 bridgehead atoms. The van der Waals surface area contributed by atoms with Crippen LogP contribution >= 0.6 is 0 Å². The minimum Gasteiger partial charge on any atom is -0.497 e. The number of rotatable bonds is 4. The van der Waals surface area contributed by atoms with Gasteiger partial charge in [-0.15, -0.1) is 0 Å². The maximum absolute atomic E-state index is 13.2. The van der Waals surface area contributed by atoms with E-state index < -0.39 is 0 Å². The minimum atomic E-state index is -0.275. The predicted molar refractivity (Wildman–Crippen MR) is 72.9 cm³/mol. The predicted octanol–water partition coefficient (Wildman–Crippen LogP) is 3.30. The van der Waals surface area contributed by atoms with Gasteiger partial charge in [0.15, 0.2) is 0 Å². The van der Waals surface area contributed by atoms with Gasteiger partial charge in [0.2, 0.25) is 0 Å². The van der Waals surface area contributed by atoms with Crippen molar-refractivity contribution in [3.8, 4) is 11.5 Å². The normalized spacial score (nSPS) is 10.3. The lowest BCUT2D eigenvalue weighted by Gasteiger charge is -2.12. The van der Waals surface area contributed by atoms with Crippen molar-refractivity contribution in [3.63, 3.8) is 0 Å². The van der Waals surface area contributed by atoms with E-state index in [0.29, 0.717) is 17.2 Å². The largest absolute Gasteiger partial charge is 0.497 e. The molecule has 0 saturated heterocycles. The smallest absolute Gasteiger partial charge is 0.146 e. The van der Waals surface area contributed by atoms with Crippen LogP contribution in [0.1, 0.15) is 11.1 Å². The van der Waals surface area contributed by atoms with Crippen molar-refractivity contribution in [2.45, 2.75) is 13.5 Å². The number of methoxy groups -OCH3 is 1. The number of hydrogen-bond donors (Lipinski definition) is 1. The molecule has 0 aromatic heterocycles. The molecule has 100 valence electrons. The highest BCUT2D eigenvalue weighted by Crippen LogP contribution is 2.27. The third-order valence-electron chi connectivity index (χ3n) is 2.92. The van der Waals surface area contributed by atoms with Crippen molar-refractivity contribution in [2.24, 2.45) is 0 Å². The number of nitrogens with two attached hydrogens (primary N) is 1.